The molecule has 0 amide bonds. The van der Waals surface area contributed by atoms with Crippen LogP contribution in [-0.4, -0.2) is 17.0 Å². The fraction of sp³-hybridized carbons (Fsp3) is 0.143. The maximum Gasteiger partial charge on any atom is 0.225 e. The fourth-order valence-corrected chi connectivity index (χ4v) is 3.28. The number of anilines is 1. The van der Waals surface area contributed by atoms with E-state index in [1.165, 1.54) is 0 Å². The Bertz CT molecular complexity index is 757. The lowest BCUT2D eigenvalue weighted by Crippen LogP contribution is -2.18. The van der Waals surface area contributed by atoms with Gasteiger partial charge >= 0.3 is 0 Å². The largest absolute Gasteiger partial charge is 0.355 e. The predicted octanol–water partition coefficient (Wildman–Crippen LogP) is 4.63. The molecule has 0 radical (unpaired) electrons. The zero-order valence-corrected chi connectivity index (χ0v) is 13.0. The summed E-state index contributed by atoms with van der Waals surface area (Å²) < 4.78 is 0. The smallest absolute Gasteiger partial charge is 0.225 e. The van der Waals surface area contributed by atoms with Crippen molar-refractivity contribution in [2.45, 2.75) is 6.54 Å². The van der Waals surface area contributed by atoms with Crippen molar-refractivity contribution in [1.29, 1.82) is 0 Å². The molecule has 0 aliphatic carbocycles. The Hall–Kier alpha value is -1.36. The van der Waals surface area contributed by atoms with E-state index in [0.717, 1.165) is 26.6 Å². The number of halogens is 2. The van der Waals surface area contributed by atoms with Crippen LogP contribution in [0.4, 0.5) is 5.82 Å². The Labute approximate surface area is 130 Å². The van der Waals surface area contributed by atoms with E-state index < -0.39 is 0 Å². The van der Waals surface area contributed by atoms with Gasteiger partial charge < -0.3 is 4.90 Å². The summed E-state index contributed by atoms with van der Waals surface area (Å²) in [4.78, 5) is 11.5. The summed E-state index contributed by atoms with van der Waals surface area (Å²) in [5.41, 5.74) is 1.12. The van der Waals surface area contributed by atoms with E-state index in [1.807, 2.05) is 47.7 Å². The number of thiophene rings is 1. The minimum Gasteiger partial charge on any atom is -0.355 e. The first kappa shape index (κ1) is 13.6. The number of rotatable bonds is 3. The van der Waals surface area contributed by atoms with Gasteiger partial charge in [-0.15, -0.1) is 11.3 Å². The third kappa shape index (κ3) is 2.73. The maximum atomic E-state index is 6.01. The van der Waals surface area contributed by atoms with Crippen molar-refractivity contribution in [3.63, 3.8) is 0 Å². The lowest BCUT2D eigenvalue weighted by Gasteiger charge is -2.19. The molecule has 2 heterocycles. The van der Waals surface area contributed by atoms with Gasteiger partial charge in [0.25, 0.3) is 0 Å². The number of aromatic nitrogens is 2. The Kier molecular flexibility index (Phi) is 3.78. The topological polar surface area (TPSA) is 29.0 Å². The van der Waals surface area contributed by atoms with Crippen LogP contribution in [0.2, 0.25) is 10.3 Å². The Morgan fingerprint density at radius 2 is 2.05 bits per heavy atom. The summed E-state index contributed by atoms with van der Waals surface area (Å²) in [5.74, 6) is 0.834. The zero-order chi connectivity index (χ0) is 14.1. The van der Waals surface area contributed by atoms with Crippen LogP contribution >= 0.6 is 34.5 Å². The first-order chi connectivity index (χ1) is 9.63. The van der Waals surface area contributed by atoms with Gasteiger partial charge in [-0.1, -0.05) is 23.7 Å². The molecule has 3 nitrogen and oxygen atoms in total. The number of hydrogen-bond donors (Lipinski definition) is 0. The highest BCUT2D eigenvalue weighted by atomic mass is 35.5. The minimum absolute atomic E-state index is 0.271. The van der Waals surface area contributed by atoms with Crippen molar-refractivity contribution in [1.82, 2.24) is 9.97 Å². The van der Waals surface area contributed by atoms with E-state index in [9.17, 15) is 0 Å². The average Bonchev–Trinajstić information content (AvgIpc) is 2.85. The summed E-state index contributed by atoms with van der Waals surface area (Å²) in [6, 6.07) is 9.81. The second-order valence-corrected chi connectivity index (χ2v) is 6.11. The molecule has 20 heavy (non-hydrogen) atoms. The van der Waals surface area contributed by atoms with Crippen molar-refractivity contribution < 1.29 is 0 Å². The van der Waals surface area contributed by atoms with Gasteiger partial charge in [-0.3, -0.25) is 0 Å². The van der Waals surface area contributed by atoms with E-state index in [-0.39, 0.29) is 5.28 Å². The first-order valence-corrected chi connectivity index (χ1v) is 7.63. The van der Waals surface area contributed by atoms with E-state index in [4.69, 9.17) is 23.2 Å². The number of benzene rings is 1. The fourth-order valence-electron chi connectivity index (χ4n) is 2.09. The van der Waals surface area contributed by atoms with E-state index in [0.29, 0.717) is 6.54 Å². The Balaban J connectivity index is 1.96. The monoisotopic (exact) mass is 323 g/mol. The Morgan fingerprint density at radius 1 is 1.20 bits per heavy atom. The van der Waals surface area contributed by atoms with Gasteiger partial charge in [0.05, 0.1) is 5.39 Å². The van der Waals surface area contributed by atoms with Gasteiger partial charge in [0.1, 0.15) is 10.6 Å². The van der Waals surface area contributed by atoms with Crippen LogP contribution in [0.1, 0.15) is 5.56 Å². The molecule has 0 spiro atoms. The molecule has 3 rings (SSSR count). The summed E-state index contributed by atoms with van der Waals surface area (Å²) in [6.45, 7) is 0.707. The molecular formula is C14H11Cl2N3S. The normalized spacial score (nSPS) is 10.9. The molecule has 0 aliphatic heterocycles. The van der Waals surface area contributed by atoms with Crippen LogP contribution in [0, 0.1) is 0 Å². The van der Waals surface area contributed by atoms with Crippen molar-refractivity contribution in [3.05, 3.63) is 51.6 Å². The molecule has 0 unspecified atom stereocenters. The van der Waals surface area contributed by atoms with E-state index in [1.54, 1.807) is 11.3 Å². The summed E-state index contributed by atoms with van der Waals surface area (Å²) in [5, 5.41) is 4.01. The van der Waals surface area contributed by atoms with Crippen molar-refractivity contribution >= 4 is 50.6 Å². The van der Waals surface area contributed by atoms with Crippen LogP contribution in [0.3, 0.4) is 0 Å². The predicted molar refractivity (Wildman–Crippen MR) is 86.0 cm³/mol. The lowest BCUT2D eigenvalue weighted by molar-refractivity contribution is 0.901. The molecule has 6 heteroatoms. The first-order valence-electron chi connectivity index (χ1n) is 6.00. The third-order valence-corrected chi connectivity index (χ3v) is 4.16. The van der Waals surface area contributed by atoms with Gasteiger partial charge in [0.2, 0.25) is 5.28 Å². The molecule has 0 saturated carbocycles. The quantitative estimate of drug-likeness (QED) is 0.658. The van der Waals surface area contributed by atoms with Gasteiger partial charge in [-0.25, -0.2) is 4.98 Å². The van der Waals surface area contributed by atoms with E-state index in [2.05, 4.69) is 9.97 Å². The highest BCUT2D eigenvalue weighted by Gasteiger charge is 2.12. The highest BCUT2D eigenvalue weighted by Crippen LogP contribution is 2.29. The second-order valence-electron chi connectivity index (χ2n) is 4.44. The van der Waals surface area contributed by atoms with Crippen LogP contribution < -0.4 is 4.90 Å². The van der Waals surface area contributed by atoms with Crippen LogP contribution in [0.5, 0.6) is 0 Å². The minimum atomic E-state index is 0.271. The van der Waals surface area contributed by atoms with Crippen molar-refractivity contribution in [2.24, 2.45) is 0 Å². The standard InChI is InChI=1S/C14H11Cl2N3S/c1-19(8-9-3-2-4-10(15)7-9)12-11-5-6-20-13(11)18-14(16)17-12/h2-7H,8H2,1H3. The van der Waals surface area contributed by atoms with E-state index >= 15 is 0 Å². The molecule has 0 fully saturated rings. The molecule has 0 bridgehead atoms. The molecule has 102 valence electrons. The number of nitrogens with zero attached hydrogens (tertiary/aromatic N) is 3. The molecule has 2 aromatic heterocycles. The maximum absolute atomic E-state index is 6.01. The highest BCUT2D eigenvalue weighted by molar-refractivity contribution is 7.16. The molecule has 0 saturated heterocycles. The molecule has 0 atom stereocenters. The number of hydrogen-bond acceptors (Lipinski definition) is 4. The third-order valence-electron chi connectivity index (χ3n) is 2.95. The molecule has 1 aromatic carbocycles. The van der Waals surface area contributed by atoms with Gasteiger partial charge in [-0.05, 0) is 40.7 Å². The van der Waals surface area contributed by atoms with Gasteiger partial charge in [-0.2, -0.15) is 4.98 Å². The Morgan fingerprint density at radius 3 is 2.85 bits per heavy atom. The summed E-state index contributed by atoms with van der Waals surface area (Å²) in [7, 11) is 1.98. The lowest BCUT2D eigenvalue weighted by atomic mass is 10.2. The molecular weight excluding hydrogens is 313 g/mol. The van der Waals surface area contributed by atoms with Crippen LogP contribution in [0.15, 0.2) is 35.7 Å². The summed E-state index contributed by atoms with van der Waals surface area (Å²) >= 11 is 13.6. The molecule has 0 aliphatic rings. The SMILES string of the molecule is CN(Cc1cccc(Cl)c1)c1nc(Cl)nc2sccc12. The summed E-state index contributed by atoms with van der Waals surface area (Å²) in [6.07, 6.45) is 0. The van der Waals surface area contributed by atoms with Crippen LogP contribution in [0.25, 0.3) is 10.2 Å². The average molecular weight is 324 g/mol. The van der Waals surface area contributed by atoms with Crippen molar-refractivity contribution in [3.8, 4) is 0 Å². The zero-order valence-electron chi connectivity index (χ0n) is 10.7. The molecule has 0 N–H and O–H groups in total. The van der Waals surface area contributed by atoms with Crippen LogP contribution in [-0.2, 0) is 6.54 Å². The van der Waals surface area contributed by atoms with Crippen molar-refractivity contribution in [2.75, 3.05) is 11.9 Å². The van der Waals surface area contributed by atoms with Gasteiger partial charge in [0.15, 0.2) is 0 Å². The number of fused-ring (bicyclic) bond motifs is 1. The van der Waals surface area contributed by atoms with Gasteiger partial charge in [0, 0.05) is 18.6 Å². The molecule has 3 aromatic rings. The second kappa shape index (κ2) is 5.56.